The summed E-state index contributed by atoms with van der Waals surface area (Å²) in [5.74, 6) is -0.554. The average molecular weight is 259 g/mol. The highest BCUT2D eigenvalue weighted by Crippen LogP contribution is 2.60. The topological polar surface area (TPSA) is 66.4 Å². The molecule has 0 saturated heterocycles. The number of carbonyl (C=O) groups excluding carboxylic acids is 1. The molecule has 0 unspecified atom stereocenters. The van der Waals surface area contributed by atoms with E-state index in [1.54, 1.807) is 18.2 Å². The molecule has 2 fully saturated rings. The number of carboxylic acid groups (broad SMARTS) is 1. The van der Waals surface area contributed by atoms with Crippen molar-refractivity contribution < 1.29 is 14.7 Å². The summed E-state index contributed by atoms with van der Waals surface area (Å²) in [6.07, 6.45) is 4.94. The van der Waals surface area contributed by atoms with Gasteiger partial charge in [-0.15, -0.1) is 0 Å². The van der Waals surface area contributed by atoms with Crippen LogP contribution in [-0.2, 0) is 0 Å². The Hall–Kier alpha value is -1.84. The van der Waals surface area contributed by atoms with E-state index in [4.69, 9.17) is 5.11 Å². The van der Waals surface area contributed by atoms with Crippen molar-refractivity contribution in [3.63, 3.8) is 0 Å². The van der Waals surface area contributed by atoms with Crippen LogP contribution in [0, 0.1) is 11.3 Å². The molecule has 0 aliphatic heterocycles. The Balaban J connectivity index is 1.69. The Bertz CT molecular complexity index is 530. The maximum Gasteiger partial charge on any atom is 0.336 e. The van der Waals surface area contributed by atoms with Crippen LogP contribution in [0.4, 0.5) is 0 Å². The molecular weight excluding hydrogens is 242 g/mol. The van der Waals surface area contributed by atoms with Crippen LogP contribution in [-0.4, -0.2) is 23.5 Å². The van der Waals surface area contributed by atoms with E-state index in [1.165, 1.54) is 31.7 Å². The molecule has 100 valence electrons. The summed E-state index contributed by atoms with van der Waals surface area (Å²) in [5, 5.41) is 12.0. The summed E-state index contributed by atoms with van der Waals surface area (Å²) in [5.41, 5.74) is 0.645. The van der Waals surface area contributed by atoms with Crippen LogP contribution in [0.15, 0.2) is 24.3 Å². The average Bonchev–Trinajstić information content (AvgIpc) is 3.28. The largest absolute Gasteiger partial charge is 0.478 e. The van der Waals surface area contributed by atoms with E-state index in [0.29, 0.717) is 12.0 Å². The number of benzene rings is 1. The minimum Gasteiger partial charge on any atom is -0.478 e. The zero-order chi connectivity index (χ0) is 13.5. The lowest BCUT2D eigenvalue weighted by molar-refractivity contribution is 0.0690. The molecule has 19 heavy (non-hydrogen) atoms. The molecule has 0 atom stereocenters. The van der Waals surface area contributed by atoms with Gasteiger partial charge in [0.1, 0.15) is 0 Å². The van der Waals surface area contributed by atoms with Crippen molar-refractivity contribution in [1.29, 1.82) is 0 Å². The summed E-state index contributed by atoms with van der Waals surface area (Å²) in [4.78, 5) is 23.2. The summed E-state index contributed by atoms with van der Waals surface area (Å²) >= 11 is 0. The quantitative estimate of drug-likeness (QED) is 0.852. The lowest BCUT2D eigenvalue weighted by atomic mass is 10.00. The third-order valence-corrected chi connectivity index (χ3v) is 4.34. The van der Waals surface area contributed by atoms with Crippen LogP contribution in [0.2, 0.25) is 0 Å². The Morgan fingerprint density at radius 2 is 1.84 bits per heavy atom. The molecule has 2 saturated carbocycles. The number of amides is 1. The van der Waals surface area contributed by atoms with Gasteiger partial charge in [-0.3, -0.25) is 4.79 Å². The Kier molecular flexibility index (Phi) is 2.81. The minimum atomic E-state index is -1.06. The van der Waals surface area contributed by atoms with Crippen molar-refractivity contribution in [3.05, 3.63) is 35.4 Å². The van der Waals surface area contributed by atoms with Crippen LogP contribution in [0.25, 0.3) is 0 Å². The van der Waals surface area contributed by atoms with Gasteiger partial charge in [-0.05, 0) is 49.1 Å². The van der Waals surface area contributed by atoms with Gasteiger partial charge in [-0.25, -0.2) is 4.79 Å². The van der Waals surface area contributed by atoms with Crippen molar-refractivity contribution in [3.8, 4) is 0 Å². The molecule has 0 radical (unpaired) electrons. The molecule has 0 heterocycles. The number of hydrogen-bond acceptors (Lipinski definition) is 2. The van der Waals surface area contributed by atoms with Crippen LogP contribution < -0.4 is 5.32 Å². The summed E-state index contributed by atoms with van der Waals surface area (Å²) in [6, 6.07) is 6.35. The van der Waals surface area contributed by atoms with E-state index in [2.05, 4.69) is 5.32 Å². The second-order valence-electron chi connectivity index (χ2n) is 5.67. The number of nitrogens with one attached hydrogen (secondary N) is 1. The first-order chi connectivity index (χ1) is 9.12. The fourth-order valence-electron chi connectivity index (χ4n) is 2.80. The maximum absolute atomic E-state index is 12.1. The van der Waals surface area contributed by atoms with Crippen molar-refractivity contribution in [2.45, 2.75) is 25.7 Å². The molecule has 4 heteroatoms. The first-order valence-corrected chi connectivity index (χ1v) is 6.73. The Labute approximate surface area is 111 Å². The maximum atomic E-state index is 12.1. The molecule has 1 aromatic rings. The highest BCUT2D eigenvalue weighted by molar-refractivity contribution is 6.04. The van der Waals surface area contributed by atoms with Gasteiger partial charge in [0.2, 0.25) is 0 Å². The lowest BCUT2D eigenvalue weighted by Crippen LogP contribution is -2.32. The molecule has 3 rings (SSSR count). The van der Waals surface area contributed by atoms with E-state index < -0.39 is 5.97 Å². The normalized spacial score (nSPS) is 19.8. The fraction of sp³-hybridized carbons (Fsp3) is 0.467. The summed E-state index contributed by atoms with van der Waals surface area (Å²) < 4.78 is 0. The molecule has 0 bridgehead atoms. The molecule has 1 aromatic carbocycles. The van der Waals surface area contributed by atoms with E-state index in [9.17, 15) is 9.59 Å². The lowest BCUT2D eigenvalue weighted by Gasteiger charge is -2.15. The van der Waals surface area contributed by atoms with Crippen molar-refractivity contribution in [2.75, 3.05) is 6.54 Å². The first kappa shape index (κ1) is 12.2. The Morgan fingerprint density at radius 1 is 1.21 bits per heavy atom. The van der Waals surface area contributed by atoms with Crippen molar-refractivity contribution >= 4 is 11.9 Å². The highest BCUT2D eigenvalue weighted by atomic mass is 16.4. The van der Waals surface area contributed by atoms with Gasteiger partial charge in [0.05, 0.1) is 11.1 Å². The standard InChI is InChI=1S/C15H17NO3/c17-13(11-3-1-2-4-12(11)14(18)19)16-9-15(7-8-15)10-5-6-10/h1-4,10H,5-9H2,(H,16,17)(H,18,19). The number of hydrogen-bond donors (Lipinski definition) is 2. The molecule has 2 N–H and O–H groups in total. The second kappa shape index (κ2) is 4.37. The minimum absolute atomic E-state index is 0.0660. The van der Waals surface area contributed by atoms with Gasteiger partial charge >= 0.3 is 5.97 Å². The van der Waals surface area contributed by atoms with Crippen LogP contribution in [0.1, 0.15) is 46.4 Å². The van der Waals surface area contributed by atoms with Crippen LogP contribution in [0.3, 0.4) is 0 Å². The number of carbonyl (C=O) groups is 2. The van der Waals surface area contributed by atoms with Crippen LogP contribution in [0.5, 0.6) is 0 Å². The third-order valence-electron chi connectivity index (χ3n) is 4.34. The van der Waals surface area contributed by atoms with E-state index >= 15 is 0 Å². The molecule has 0 spiro atoms. The van der Waals surface area contributed by atoms with E-state index in [0.717, 1.165) is 5.92 Å². The molecular formula is C15H17NO3. The smallest absolute Gasteiger partial charge is 0.336 e. The highest BCUT2D eigenvalue weighted by Gasteiger charge is 2.53. The molecule has 4 nitrogen and oxygen atoms in total. The molecule has 2 aliphatic carbocycles. The van der Waals surface area contributed by atoms with Crippen molar-refractivity contribution in [1.82, 2.24) is 5.32 Å². The summed E-state index contributed by atoms with van der Waals surface area (Å²) in [6.45, 7) is 0.685. The fourth-order valence-corrected chi connectivity index (χ4v) is 2.80. The van der Waals surface area contributed by atoms with Gasteiger partial charge in [0.15, 0.2) is 0 Å². The van der Waals surface area contributed by atoms with E-state index in [-0.39, 0.29) is 17.0 Å². The third kappa shape index (κ3) is 2.35. The van der Waals surface area contributed by atoms with Crippen molar-refractivity contribution in [2.24, 2.45) is 11.3 Å². The molecule has 2 aliphatic rings. The monoisotopic (exact) mass is 259 g/mol. The predicted octanol–water partition coefficient (Wildman–Crippen LogP) is 2.30. The predicted molar refractivity (Wildman–Crippen MR) is 70.1 cm³/mol. The second-order valence-corrected chi connectivity index (χ2v) is 5.67. The zero-order valence-corrected chi connectivity index (χ0v) is 10.7. The number of aromatic carboxylic acids is 1. The van der Waals surface area contributed by atoms with Gasteiger partial charge in [-0.2, -0.15) is 0 Å². The zero-order valence-electron chi connectivity index (χ0n) is 10.7. The van der Waals surface area contributed by atoms with E-state index in [1.807, 2.05) is 0 Å². The number of rotatable bonds is 5. The summed E-state index contributed by atoms with van der Waals surface area (Å²) in [7, 11) is 0. The van der Waals surface area contributed by atoms with Gasteiger partial charge in [0.25, 0.3) is 5.91 Å². The van der Waals surface area contributed by atoms with Gasteiger partial charge in [-0.1, -0.05) is 12.1 Å². The molecule has 1 amide bonds. The Morgan fingerprint density at radius 3 is 2.37 bits per heavy atom. The molecule has 0 aromatic heterocycles. The number of carboxylic acids is 1. The van der Waals surface area contributed by atoms with Gasteiger partial charge < -0.3 is 10.4 Å². The van der Waals surface area contributed by atoms with Gasteiger partial charge in [0, 0.05) is 6.54 Å². The first-order valence-electron chi connectivity index (χ1n) is 6.73. The SMILES string of the molecule is O=C(O)c1ccccc1C(=O)NCC1(C2CC2)CC1. The van der Waals surface area contributed by atoms with Crippen LogP contribution >= 0.6 is 0 Å².